The van der Waals surface area contributed by atoms with E-state index in [-0.39, 0.29) is 12.4 Å². The van der Waals surface area contributed by atoms with Crippen molar-refractivity contribution in [3.8, 4) is 5.75 Å². The maximum Gasteiger partial charge on any atom is 0.210 e. The minimum absolute atomic E-state index is 0.0375. The third-order valence-electron chi connectivity index (χ3n) is 2.87. The molecule has 0 aliphatic carbocycles. The molecule has 0 bridgehead atoms. The normalized spacial score (nSPS) is 11.4. The van der Waals surface area contributed by atoms with Gasteiger partial charge in [-0.05, 0) is 46.6 Å². The van der Waals surface area contributed by atoms with E-state index in [9.17, 15) is 13.2 Å². The number of hydrogen-bond donors (Lipinski definition) is 1. The smallest absolute Gasteiger partial charge is 0.210 e. The maximum atomic E-state index is 12.1. The number of hydrogen-bond acceptors (Lipinski definition) is 5. The first kappa shape index (κ1) is 18.1. The zero-order valence-electron chi connectivity index (χ0n) is 12.4. The molecule has 124 valence electrons. The Balaban J connectivity index is 1.87. The van der Waals surface area contributed by atoms with Gasteiger partial charge in [-0.3, -0.25) is 4.79 Å². The number of nitrogens with one attached hydrogen (secondary N) is 1. The standard InChI is InChI=1S/C15H16BrNO4S2/c1-23(19,20)17-9-8-11-6-7-15(22-11)13(18)10-21-14-5-3-2-4-12(14)16/h2-7,17H,8-10H2,1H3. The minimum atomic E-state index is -3.18. The first-order valence-electron chi connectivity index (χ1n) is 6.79. The van der Waals surface area contributed by atoms with Crippen LogP contribution in [-0.4, -0.2) is 33.6 Å². The molecule has 0 radical (unpaired) electrons. The van der Waals surface area contributed by atoms with Crippen molar-refractivity contribution >= 4 is 43.1 Å². The Morgan fingerprint density at radius 2 is 2.00 bits per heavy atom. The zero-order chi connectivity index (χ0) is 16.9. The van der Waals surface area contributed by atoms with Crippen molar-refractivity contribution in [2.75, 3.05) is 19.4 Å². The average molecular weight is 418 g/mol. The highest BCUT2D eigenvalue weighted by Gasteiger charge is 2.11. The van der Waals surface area contributed by atoms with Crippen LogP contribution in [0.3, 0.4) is 0 Å². The largest absolute Gasteiger partial charge is 0.484 e. The highest BCUT2D eigenvalue weighted by molar-refractivity contribution is 9.10. The summed E-state index contributed by atoms with van der Waals surface area (Å²) >= 11 is 4.72. The van der Waals surface area contributed by atoms with Crippen LogP contribution in [0.2, 0.25) is 0 Å². The highest BCUT2D eigenvalue weighted by Crippen LogP contribution is 2.24. The summed E-state index contributed by atoms with van der Waals surface area (Å²) in [6, 6.07) is 10.9. The number of carbonyl (C=O) groups is 1. The second kappa shape index (κ2) is 8.05. The van der Waals surface area contributed by atoms with Crippen molar-refractivity contribution in [3.05, 3.63) is 50.6 Å². The summed E-state index contributed by atoms with van der Waals surface area (Å²) in [6.07, 6.45) is 1.67. The van der Waals surface area contributed by atoms with Crippen molar-refractivity contribution in [2.45, 2.75) is 6.42 Å². The maximum absolute atomic E-state index is 12.1. The minimum Gasteiger partial charge on any atom is -0.484 e. The van der Waals surface area contributed by atoms with E-state index in [1.165, 1.54) is 11.3 Å². The van der Waals surface area contributed by atoms with Crippen LogP contribution in [0, 0.1) is 0 Å². The van der Waals surface area contributed by atoms with Crippen molar-refractivity contribution in [3.63, 3.8) is 0 Å². The molecule has 0 amide bonds. The summed E-state index contributed by atoms with van der Waals surface area (Å²) in [5.41, 5.74) is 0. The molecule has 0 atom stereocenters. The predicted octanol–water partition coefficient (Wildman–Crippen LogP) is 2.86. The van der Waals surface area contributed by atoms with E-state index < -0.39 is 10.0 Å². The molecule has 5 nitrogen and oxygen atoms in total. The SMILES string of the molecule is CS(=O)(=O)NCCc1ccc(C(=O)COc2ccccc2Br)s1. The van der Waals surface area contributed by atoms with E-state index in [0.717, 1.165) is 15.6 Å². The van der Waals surface area contributed by atoms with E-state index in [1.807, 2.05) is 24.3 Å². The van der Waals surface area contributed by atoms with Gasteiger partial charge in [-0.1, -0.05) is 12.1 Å². The van der Waals surface area contributed by atoms with Gasteiger partial charge in [0.1, 0.15) is 5.75 Å². The fourth-order valence-electron chi connectivity index (χ4n) is 1.80. The molecule has 0 spiro atoms. The fourth-order valence-corrected chi connectivity index (χ4v) is 3.60. The Hall–Kier alpha value is -1.22. The number of halogens is 1. The van der Waals surface area contributed by atoms with Crippen LogP contribution in [0.4, 0.5) is 0 Å². The highest BCUT2D eigenvalue weighted by atomic mass is 79.9. The van der Waals surface area contributed by atoms with Gasteiger partial charge in [0.25, 0.3) is 0 Å². The van der Waals surface area contributed by atoms with Gasteiger partial charge in [0.05, 0.1) is 15.6 Å². The van der Waals surface area contributed by atoms with E-state index >= 15 is 0 Å². The van der Waals surface area contributed by atoms with Crippen LogP contribution in [0.25, 0.3) is 0 Å². The van der Waals surface area contributed by atoms with Crippen LogP contribution in [0.5, 0.6) is 5.75 Å². The average Bonchev–Trinajstić information content (AvgIpc) is 2.94. The van der Waals surface area contributed by atoms with Crippen molar-refractivity contribution in [1.29, 1.82) is 0 Å². The summed E-state index contributed by atoms with van der Waals surface area (Å²) < 4.78 is 30.7. The molecule has 0 unspecified atom stereocenters. The topological polar surface area (TPSA) is 72.5 Å². The molecule has 2 aromatic rings. The summed E-state index contributed by atoms with van der Waals surface area (Å²) in [6.45, 7) is 0.282. The van der Waals surface area contributed by atoms with Crippen molar-refractivity contribution < 1.29 is 17.9 Å². The van der Waals surface area contributed by atoms with Crippen LogP contribution in [-0.2, 0) is 16.4 Å². The van der Waals surface area contributed by atoms with Gasteiger partial charge in [-0.2, -0.15) is 0 Å². The number of carbonyl (C=O) groups excluding carboxylic acids is 1. The van der Waals surface area contributed by atoms with Crippen LogP contribution >= 0.6 is 27.3 Å². The van der Waals surface area contributed by atoms with Gasteiger partial charge < -0.3 is 4.74 Å². The number of para-hydroxylation sites is 1. The molecule has 1 N–H and O–H groups in total. The van der Waals surface area contributed by atoms with E-state index in [2.05, 4.69) is 20.7 Å². The second-order valence-corrected chi connectivity index (χ2v) is 8.68. The quantitative estimate of drug-likeness (QED) is 0.670. The number of ketones is 1. The number of rotatable bonds is 8. The number of thiophene rings is 1. The molecule has 0 aliphatic rings. The summed E-state index contributed by atoms with van der Waals surface area (Å²) in [5, 5.41) is 0. The zero-order valence-corrected chi connectivity index (χ0v) is 15.6. The van der Waals surface area contributed by atoms with Crippen LogP contribution in [0.15, 0.2) is 40.9 Å². The molecule has 1 aromatic heterocycles. The van der Waals surface area contributed by atoms with E-state index in [4.69, 9.17) is 4.74 Å². The third kappa shape index (κ3) is 6.06. The second-order valence-electron chi connectivity index (χ2n) is 4.82. The molecule has 0 saturated heterocycles. The Morgan fingerprint density at radius 3 is 2.70 bits per heavy atom. The van der Waals surface area contributed by atoms with Crippen LogP contribution < -0.4 is 9.46 Å². The van der Waals surface area contributed by atoms with Crippen molar-refractivity contribution in [1.82, 2.24) is 4.72 Å². The molecule has 0 fully saturated rings. The van der Waals surface area contributed by atoms with Gasteiger partial charge in [0, 0.05) is 11.4 Å². The number of benzene rings is 1. The first-order valence-corrected chi connectivity index (χ1v) is 10.3. The molecule has 23 heavy (non-hydrogen) atoms. The predicted molar refractivity (Wildman–Crippen MR) is 94.8 cm³/mol. The summed E-state index contributed by atoms with van der Waals surface area (Å²) in [5.74, 6) is 0.517. The molecule has 1 aromatic carbocycles. The summed E-state index contributed by atoms with van der Waals surface area (Å²) in [4.78, 5) is 13.7. The van der Waals surface area contributed by atoms with Gasteiger partial charge in [-0.25, -0.2) is 13.1 Å². The van der Waals surface area contributed by atoms with Crippen LogP contribution in [0.1, 0.15) is 14.5 Å². The summed E-state index contributed by atoms with van der Waals surface area (Å²) in [7, 11) is -3.18. The molecular formula is C15H16BrNO4S2. The monoisotopic (exact) mass is 417 g/mol. The lowest BCUT2D eigenvalue weighted by Gasteiger charge is -2.06. The molecular weight excluding hydrogens is 402 g/mol. The Morgan fingerprint density at radius 1 is 1.26 bits per heavy atom. The molecule has 2 rings (SSSR count). The molecule has 8 heteroatoms. The molecule has 1 heterocycles. The Labute approximate surface area is 147 Å². The van der Waals surface area contributed by atoms with Gasteiger partial charge in [-0.15, -0.1) is 11.3 Å². The van der Waals surface area contributed by atoms with Crippen molar-refractivity contribution in [2.24, 2.45) is 0 Å². The number of ether oxygens (including phenoxy) is 1. The lowest BCUT2D eigenvalue weighted by atomic mass is 10.3. The Bertz CT molecular complexity index is 786. The lowest BCUT2D eigenvalue weighted by Crippen LogP contribution is -2.24. The molecule has 0 aliphatic heterocycles. The van der Waals surface area contributed by atoms with Gasteiger partial charge in [0.2, 0.25) is 15.8 Å². The van der Waals surface area contributed by atoms with Gasteiger partial charge in [0.15, 0.2) is 6.61 Å². The molecule has 0 saturated carbocycles. The number of Topliss-reactive ketones (excluding diaryl/α,β-unsaturated/α-hetero) is 1. The third-order valence-corrected chi connectivity index (χ3v) is 5.44. The van der Waals surface area contributed by atoms with E-state index in [1.54, 1.807) is 12.1 Å². The number of sulfonamides is 1. The fraction of sp³-hybridized carbons (Fsp3) is 0.267. The lowest BCUT2D eigenvalue weighted by molar-refractivity contribution is 0.0925. The van der Waals surface area contributed by atoms with Gasteiger partial charge >= 0.3 is 0 Å². The Kier molecular flexibility index (Phi) is 6.34. The van der Waals surface area contributed by atoms with E-state index in [0.29, 0.717) is 23.6 Å². The first-order chi connectivity index (χ1) is 10.8.